The van der Waals surface area contributed by atoms with Crippen molar-refractivity contribution in [1.29, 1.82) is 0 Å². The molecule has 0 spiro atoms. The zero-order chi connectivity index (χ0) is 16.5. The van der Waals surface area contributed by atoms with Crippen molar-refractivity contribution in [2.45, 2.75) is 64.0 Å². The molecular weight excluding hydrogens is 302 g/mol. The fourth-order valence-electron chi connectivity index (χ4n) is 3.83. The van der Waals surface area contributed by atoms with E-state index in [2.05, 4.69) is 20.6 Å². The molecule has 1 N–H and O–H groups in total. The second-order valence-electron chi connectivity index (χ2n) is 6.96. The van der Waals surface area contributed by atoms with Crippen LogP contribution in [0.25, 0.3) is 0 Å². The minimum atomic E-state index is 0.0662. The number of hydrogen-bond donors (Lipinski definition) is 1. The highest BCUT2D eigenvalue weighted by Gasteiger charge is 2.25. The van der Waals surface area contributed by atoms with Gasteiger partial charge in [-0.3, -0.25) is 4.79 Å². The molecule has 0 atom stereocenters. The van der Waals surface area contributed by atoms with Gasteiger partial charge in [-0.25, -0.2) is 4.68 Å². The van der Waals surface area contributed by atoms with Gasteiger partial charge in [0.25, 0.3) is 5.56 Å². The van der Waals surface area contributed by atoms with Crippen molar-refractivity contribution in [3.63, 3.8) is 0 Å². The van der Waals surface area contributed by atoms with E-state index in [-0.39, 0.29) is 11.6 Å². The monoisotopic (exact) mass is 325 g/mol. The maximum atomic E-state index is 12.3. The average Bonchev–Trinajstić information content (AvgIpc) is 3.04. The quantitative estimate of drug-likeness (QED) is 0.938. The standard InChI is InChI=1S/C18H23N5O/c1-12-5-10-17(21-20-12)19-14-6-8-15(9-7-14)23-18(24)11-13-3-2-4-16(13)22-23/h5,10-11,14-15H,2-4,6-9H2,1H3,(H,19,21). The Morgan fingerprint density at radius 3 is 2.71 bits per heavy atom. The summed E-state index contributed by atoms with van der Waals surface area (Å²) in [6, 6.07) is 6.37. The average molecular weight is 325 g/mol. The fraction of sp³-hybridized carbons (Fsp3) is 0.556. The molecule has 0 aromatic carbocycles. The van der Waals surface area contributed by atoms with Crippen LogP contribution >= 0.6 is 0 Å². The van der Waals surface area contributed by atoms with Crippen molar-refractivity contribution in [2.24, 2.45) is 0 Å². The first-order chi connectivity index (χ1) is 11.7. The largest absolute Gasteiger partial charge is 0.366 e. The van der Waals surface area contributed by atoms with Gasteiger partial charge in [0, 0.05) is 12.1 Å². The highest BCUT2D eigenvalue weighted by molar-refractivity contribution is 5.34. The van der Waals surface area contributed by atoms with Crippen LogP contribution in [0.15, 0.2) is 23.0 Å². The highest BCUT2D eigenvalue weighted by atomic mass is 16.1. The summed E-state index contributed by atoms with van der Waals surface area (Å²) in [7, 11) is 0. The van der Waals surface area contributed by atoms with Crippen LogP contribution in [0.3, 0.4) is 0 Å². The van der Waals surface area contributed by atoms with Crippen LogP contribution in [-0.4, -0.2) is 26.0 Å². The van der Waals surface area contributed by atoms with Crippen molar-refractivity contribution in [3.05, 3.63) is 45.5 Å². The summed E-state index contributed by atoms with van der Waals surface area (Å²) in [4.78, 5) is 12.3. The Bertz CT molecular complexity index is 775. The molecule has 126 valence electrons. The summed E-state index contributed by atoms with van der Waals surface area (Å²) in [5.41, 5.74) is 3.28. The number of aromatic nitrogens is 4. The van der Waals surface area contributed by atoms with Crippen LogP contribution in [0.2, 0.25) is 0 Å². The van der Waals surface area contributed by atoms with E-state index >= 15 is 0 Å². The summed E-state index contributed by atoms with van der Waals surface area (Å²) in [6.45, 7) is 1.93. The Kier molecular flexibility index (Phi) is 4.04. The first-order valence-electron chi connectivity index (χ1n) is 8.87. The van der Waals surface area contributed by atoms with Crippen LogP contribution in [0.1, 0.15) is 55.1 Å². The van der Waals surface area contributed by atoms with Gasteiger partial charge in [0.2, 0.25) is 0 Å². The lowest BCUT2D eigenvalue weighted by Crippen LogP contribution is -2.34. The second-order valence-corrected chi connectivity index (χ2v) is 6.96. The van der Waals surface area contributed by atoms with E-state index in [4.69, 9.17) is 0 Å². The molecular formula is C18H23N5O. The Hall–Kier alpha value is -2.24. The Balaban J connectivity index is 1.41. The molecule has 1 fully saturated rings. The van der Waals surface area contributed by atoms with E-state index in [1.54, 1.807) is 4.68 Å². The molecule has 0 saturated heterocycles. The first kappa shape index (κ1) is 15.3. The summed E-state index contributed by atoms with van der Waals surface area (Å²) < 4.78 is 1.74. The topological polar surface area (TPSA) is 72.7 Å². The maximum Gasteiger partial charge on any atom is 0.267 e. The Morgan fingerprint density at radius 2 is 1.96 bits per heavy atom. The molecule has 6 nitrogen and oxygen atoms in total. The van der Waals surface area contributed by atoms with Crippen LogP contribution < -0.4 is 10.9 Å². The van der Waals surface area contributed by atoms with Crippen molar-refractivity contribution in [3.8, 4) is 0 Å². The van der Waals surface area contributed by atoms with Gasteiger partial charge < -0.3 is 5.32 Å². The van der Waals surface area contributed by atoms with Crippen molar-refractivity contribution >= 4 is 5.82 Å². The molecule has 0 aliphatic heterocycles. The molecule has 4 rings (SSSR count). The van der Waals surface area contributed by atoms with E-state index in [1.807, 2.05) is 25.1 Å². The summed E-state index contributed by atoms with van der Waals surface area (Å²) in [6.07, 6.45) is 7.13. The van der Waals surface area contributed by atoms with Crippen LogP contribution in [0, 0.1) is 6.92 Å². The molecule has 1 saturated carbocycles. The van der Waals surface area contributed by atoms with Crippen LogP contribution in [0.5, 0.6) is 0 Å². The van der Waals surface area contributed by atoms with Gasteiger partial charge >= 0.3 is 0 Å². The predicted molar refractivity (Wildman–Crippen MR) is 92.2 cm³/mol. The Labute approximate surface area is 141 Å². The number of hydrogen-bond acceptors (Lipinski definition) is 5. The van der Waals surface area contributed by atoms with E-state index in [0.717, 1.165) is 67.7 Å². The molecule has 0 amide bonds. The van der Waals surface area contributed by atoms with Gasteiger partial charge in [0.15, 0.2) is 0 Å². The van der Waals surface area contributed by atoms with E-state index < -0.39 is 0 Å². The molecule has 0 radical (unpaired) electrons. The summed E-state index contributed by atoms with van der Waals surface area (Å²) in [5, 5.41) is 16.4. The van der Waals surface area contributed by atoms with Gasteiger partial charge in [0.05, 0.1) is 17.4 Å². The van der Waals surface area contributed by atoms with Crippen molar-refractivity contribution in [1.82, 2.24) is 20.0 Å². The van der Waals surface area contributed by atoms with Crippen LogP contribution in [0.4, 0.5) is 5.82 Å². The number of rotatable bonds is 3. The molecule has 0 bridgehead atoms. The number of anilines is 1. The third-order valence-corrected chi connectivity index (χ3v) is 5.17. The van der Waals surface area contributed by atoms with E-state index in [9.17, 15) is 4.79 Å². The SMILES string of the molecule is Cc1ccc(NC2CCC(n3nc4c(cc3=O)CCC4)CC2)nn1. The predicted octanol–water partition coefficient (Wildman–Crippen LogP) is 2.43. The molecule has 2 heterocycles. The van der Waals surface area contributed by atoms with Gasteiger partial charge in [0.1, 0.15) is 5.82 Å². The van der Waals surface area contributed by atoms with E-state index in [0.29, 0.717) is 6.04 Å². The lowest BCUT2D eigenvalue weighted by atomic mass is 9.91. The molecule has 0 unspecified atom stereocenters. The molecule has 2 aromatic heterocycles. The summed E-state index contributed by atoms with van der Waals surface area (Å²) in [5.74, 6) is 0.830. The lowest BCUT2D eigenvalue weighted by Gasteiger charge is -2.29. The third kappa shape index (κ3) is 3.05. The fourth-order valence-corrected chi connectivity index (χ4v) is 3.83. The van der Waals surface area contributed by atoms with Gasteiger partial charge in [-0.15, -0.1) is 5.10 Å². The summed E-state index contributed by atoms with van der Waals surface area (Å²) >= 11 is 0. The number of nitrogens with zero attached hydrogens (tertiary/aromatic N) is 4. The Morgan fingerprint density at radius 1 is 1.12 bits per heavy atom. The minimum Gasteiger partial charge on any atom is -0.366 e. The molecule has 24 heavy (non-hydrogen) atoms. The third-order valence-electron chi connectivity index (χ3n) is 5.17. The second kappa shape index (κ2) is 6.34. The number of nitrogens with one attached hydrogen (secondary N) is 1. The van der Waals surface area contributed by atoms with Gasteiger partial charge in [-0.2, -0.15) is 10.2 Å². The number of aryl methyl sites for hydroxylation is 3. The lowest BCUT2D eigenvalue weighted by molar-refractivity contribution is 0.301. The highest BCUT2D eigenvalue weighted by Crippen LogP contribution is 2.29. The van der Waals surface area contributed by atoms with E-state index in [1.165, 1.54) is 0 Å². The molecule has 6 heteroatoms. The number of fused-ring (bicyclic) bond motifs is 1. The minimum absolute atomic E-state index is 0.0662. The van der Waals surface area contributed by atoms with Crippen molar-refractivity contribution < 1.29 is 0 Å². The van der Waals surface area contributed by atoms with Crippen LogP contribution in [-0.2, 0) is 12.8 Å². The van der Waals surface area contributed by atoms with Gasteiger partial charge in [-0.1, -0.05) is 0 Å². The molecule has 2 aliphatic carbocycles. The first-order valence-corrected chi connectivity index (χ1v) is 8.87. The molecule has 2 aromatic rings. The molecule has 2 aliphatic rings. The zero-order valence-corrected chi connectivity index (χ0v) is 14.0. The zero-order valence-electron chi connectivity index (χ0n) is 14.0. The van der Waals surface area contributed by atoms with Gasteiger partial charge in [-0.05, 0) is 69.6 Å². The smallest absolute Gasteiger partial charge is 0.267 e. The maximum absolute atomic E-state index is 12.3. The van der Waals surface area contributed by atoms with Crippen molar-refractivity contribution in [2.75, 3.05) is 5.32 Å². The normalized spacial score (nSPS) is 23.0.